The number of nitrogens with one attached hydrogen (secondary N) is 6. The zero-order chi connectivity index (χ0) is 42.8. The maximum atomic E-state index is 14.1. The van der Waals surface area contributed by atoms with E-state index in [4.69, 9.17) is 21.9 Å². The molecule has 2 aliphatic rings. The lowest BCUT2D eigenvalue weighted by atomic mass is 9.98. The molecule has 1 aliphatic carbocycles. The Kier molecular flexibility index (Phi) is 13.8. The van der Waals surface area contributed by atoms with Gasteiger partial charge in [0.2, 0.25) is 29.5 Å². The number of fused-ring (bicyclic) bond motifs is 4. The molecule has 0 saturated heterocycles. The summed E-state index contributed by atoms with van der Waals surface area (Å²) in [6.45, 7) is 1.60. The molecule has 5 atom stereocenters. The van der Waals surface area contributed by atoms with Gasteiger partial charge in [0.1, 0.15) is 36.8 Å². The minimum atomic E-state index is -1.23. The molecule has 314 valence electrons. The van der Waals surface area contributed by atoms with E-state index in [0.29, 0.717) is 5.56 Å². The number of rotatable bonds is 10. The Balaban J connectivity index is 1.23. The van der Waals surface area contributed by atoms with E-state index in [-0.39, 0.29) is 57.1 Å². The first-order valence-corrected chi connectivity index (χ1v) is 19.8. The fourth-order valence-electron chi connectivity index (χ4n) is 7.45. The molecule has 12 N–H and O–H groups in total. The molecular weight excluding hydrogens is 769 g/mol. The van der Waals surface area contributed by atoms with E-state index in [1.54, 1.807) is 12.3 Å². The maximum absolute atomic E-state index is 14.1. The van der Waals surface area contributed by atoms with Gasteiger partial charge in [-0.05, 0) is 66.5 Å². The third-order valence-corrected chi connectivity index (χ3v) is 10.6. The molecule has 1 aromatic heterocycles. The lowest BCUT2D eigenvalue weighted by molar-refractivity contribution is -0.134. The number of H-pyrrole nitrogens is 1. The number of aliphatic imine (C=N–C) groups is 1. The van der Waals surface area contributed by atoms with Gasteiger partial charge in [-0.15, -0.1) is 0 Å². The van der Waals surface area contributed by atoms with Crippen molar-refractivity contribution in [3.8, 4) is 11.1 Å². The molecule has 0 unspecified atom stereocenters. The Morgan fingerprint density at radius 3 is 2.10 bits per heavy atom. The second kappa shape index (κ2) is 19.5. The number of alkyl carbamates (subject to hydrolysis) is 1. The van der Waals surface area contributed by atoms with Crippen molar-refractivity contribution in [2.75, 3.05) is 13.2 Å². The number of amides is 6. The van der Waals surface area contributed by atoms with Crippen molar-refractivity contribution in [3.63, 3.8) is 0 Å². The van der Waals surface area contributed by atoms with E-state index in [9.17, 15) is 28.8 Å². The smallest absolute Gasteiger partial charge is 0.407 e. The van der Waals surface area contributed by atoms with Crippen molar-refractivity contribution < 1.29 is 33.5 Å². The van der Waals surface area contributed by atoms with E-state index < -0.39 is 65.8 Å². The number of nitrogens with zero attached hydrogens (tertiary/aromatic N) is 1. The fourth-order valence-corrected chi connectivity index (χ4v) is 7.45. The van der Waals surface area contributed by atoms with E-state index in [2.05, 4.69) is 36.6 Å². The topological polar surface area (TPSA) is 278 Å². The second-order valence-corrected chi connectivity index (χ2v) is 14.8. The van der Waals surface area contributed by atoms with Crippen molar-refractivity contribution >= 4 is 52.5 Å². The Morgan fingerprint density at radius 1 is 0.767 bits per heavy atom. The summed E-state index contributed by atoms with van der Waals surface area (Å²) in [6.07, 6.45) is 4.13. The van der Waals surface area contributed by atoms with Crippen LogP contribution >= 0.6 is 0 Å². The van der Waals surface area contributed by atoms with E-state index in [1.165, 1.54) is 13.0 Å². The van der Waals surface area contributed by atoms with Crippen molar-refractivity contribution in [2.24, 2.45) is 22.2 Å². The molecule has 17 heteroatoms. The van der Waals surface area contributed by atoms with Crippen molar-refractivity contribution in [1.29, 1.82) is 0 Å². The highest BCUT2D eigenvalue weighted by atomic mass is 16.5. The minimum absolute atomic E-state index is 0.00198. The summed E-state index contributed by atoms with van der Waals surface area (Å²) in [5.41, 5.74) is 22.3. The van der Waals surface area contributed by atoms with Crippen LogP contribution in [0.4, 0.5) is 4.79 Å². The summed E-state index contributed by atoms with van der Waals surface area (Å²) in [4.78, 5) is 88.4. The molecule has 1 aliphatic heterocycles. The van der Waals surface area contributed by atoms with Crippen LogP contribution in [0.5, 0.6) is 0 Å². The third kappa shape index (κ3) is 10.5. The van der Waals surface area contributed by atoms with Gasteiger partial charge in [0, 0.05) is 36.0 Å². The number of guanidine groups is 1. The third-order valence-electron chi connectivity index (χ3n) is 10.6. The first-order chi connectivity index (χ1) is 28.9. The monoisotopic (exact) mass is 818 g/mol. The molecule has 0 radical (unpaired) electrons. The molecule has 4 aromatic rings. The summed E-state index contributed by atoms with van der Waals surface area (Å²) in [5.74, 6) is -4.04. The van der Waals surface area contributed by atoms with Crippen LogP contribution < -0.4 is 43.8 Å². The Labute approximate surface area is 346 Å². The molecule has 2 heterocycles. The zero-order valence-electron chi connectivity index (χ0n) is 33.1. The predicted octanol–water partition coefficient (Wildman–Crippen LogP) is 1.47. The molecular formula is C43H50N10O7. The zero-order valence-corrected chi connectivity index (χ0v) is 33.1. The number of nitrogens with two attached hydrogens (primary N) is 3. The summed E-state index contributed by atoms with van der Waals surface area (Å²) in [5, 5.41) is 14.2. The lowest BCUT2D eigenvalue weighted by Gasteiger charge is -2.25. The van der Waals surface area contributed by atoms with Crippen LogP contribution in [0, 0.1) is 0 Å². The van der Waals surface area contributed by atoms with E-state index in [0.717, 1.165) is 33.2 Å². The van der Waals surface area contributed by atoms with Gasteiger partial charge >= 0.3 is 6.09 Å². The van der Waals surface area contributed by atoms with Crippen LogP contribution in [0.2, 0.25) is 0 Å². The summed E-state index contributed by atoms with van der Waals surface area (Å²) in [6, 6.07) is 17.1. The standard InChI is InChI=1S/C43H50N10O7/c1-24-38(55)52-36(21-25-22-48-32-16-7-6-11-26(25)32)41(58)51-34(19-10-20-47-42(45)46)40(57)50-33(37(44)54)17-8-9-18-35(39(56)49-24)53-43(59)60-23-31-29-14-4-2-12-27(29)28-13-3-5-15-30(28)31/h2-9,11-16,22,24,31,33-36,48H,10,17-21,23H2,1H3,(H2,44,54)(H,49,56)(H,50,57)(H,51,58)(H,52,55)(H,53,59)(H4,45,46,47)/b9-8-/t24-,33-,34-,35-,36-/m0/s1. The number of para-hydroxylation sites is 1. The molecule has 0 spiro atoms. The molecule has 17 nitrogen and oxygen atoms in total. The summed E-state index contributed by atoms with van der Waals surface area (Å²) < 4.78 is 5.71. The normalized spacial score (nSPS) is 21.9. The highest BCUT2D eigenvalue weighted by molar-refractivity contribution is 5.97. The summed E-state index contributed by atoms with van der Waals surface area (Å²) >= 11 is 0. The van der Waals surface area contributed by atoms with Gasteiger partial charge in [-0.3, -0.25) is 29.0 Å². The molecule has 60 heavy (non-hydrogen) atoms. The molecule has 6 amide bonds. The second-order valence-electron chi connectivity index (χ2n) is 14.8. The number of carbonyl (C=O) groups is 6. The van der Waals surface area contributed by atoms with Gasteiger partial charge in [-0.25, -0.2) is 4.79 Å². The first-order valence-electron chi connectivity index (χ1n) is 19.8. The number of aromatic amines is 1. The Hall–Kier alpha value is -7.17. The van der Waals surface area contributed by atoms with E-state index >= 15 is 0 Å². The lowest BCUT2D eigenvalue weighted by Crippen LogP contribution is -2.59. The van der Waals surface area contributed by atoms with Crippen LogP contribution in [0.15, 0.2) is 96.1 Å². The Bertz CT molecular complexity index is 2260. The van der Waals surface area contributed by atoms with Crippen LogP contribution in [0.25, 0.3) is 22.0 Å². The highest BCUT2D eigenvalue weighted by Crippen LogP contribution is 2.44. The number of benzene rings is 3. The molecule has 0 fully saturated rings. The van der Waals surface area contributed by atoms with Crippen LogP contribution in [0.1, 0.15) is 55.2 Å². The maximum Gasteiger partial charge on any atom is 0.407 e. The number of aromatic nitrogens is 1. The predicted molar refractivity (Wildman–Crippen MR) is 225 cm³/mol. The van der Waals surface area contributed by atoms with Gasteiger partial charge in [-0.1, -0.05) is 78.9 Å². The summed E-state index contributed by atoms with van der Waals surface area (Å²) in [7, 11) is 0. The Morgan fingerprint density at radius 2 is 1.40 bits per heavy atom. The minimum Gasteiger partial charge on any atom is -0.449 e. The number of hydrogen-bond acceptors (Lipinski definition) is 8. The fraction of sp³-hybridized carbons (Fsp3) is 0.326. The van der Waals surface area contributed by atoms with Gasteiger partial charge in [0.15, 0.2) is 5.96 Å². The van der Waals surface area contributed by atoms with Gasteiger partial charge in [0.05, 0.1) is 0 Å². The molecule has 0 saturated carbocycles. The van der Waals surface area contributed by atoms with Gasteiger partial charge in [-0.2, -0.15) is 0 Å². The average Bonchev–Trinajstić information content (AvgIpc) is 3.79. The average molecular weight is 819 g/mol. The molecule has 6 rings (SSSR count). The SMILES string of the molecule is C[C@@H]1NC(=O)[C@@H](NC(=O)OCC2c3ccccc3-c3ccccc32)C/C=C\C[C@@H](C(N)=O)NC(=O)[C@H](CCCN=C(N)N)NC(=O)[C@H](Cc2c[nH]c3ccccc23)NC1=O. The van der Waals surface area contributed by atoms with Crippen LogP contribution in [-0.2, 0) is 35.1 Å². The van der Waals surface area contributed by atoms with E-state index in [1.807, 2.05) is 72.8 Å². The van der Waals surface area contributed by atoms with Crippen molar-refractivity contribution in [1.82, 2.24) is 31.6 Å². The highest BCUT2D eigenvalue weighted by Gasteiger charge is 2.33. The largest absolute Gasteiger partial charge is 0.449 e. The van der Waals surface area contributed by atoms with Crippen molar-refractivity contribution in [3.05, 3.63) is 108 Å². The van der Waals surface area contributed by atoms with Crippen molar-refractivity contribution in [2.45, 2.75) is 75.2 Å². The molecule has 0 bridgehead atoms. The first kappa shape index (κ1) is 42.4. The van der Waals surface area contributed by atoms with Crippen LogP contribution in [0.3, 0.4) is 0 Å². The van der Waals surface area contributed by atoms with Gasteiger partial charge < -0.3 is 53.5 Å². The molecule has 3 aromatic carbocycles. The number of carbonyl (C=O) groups excluding carboxylic acids is 6. The number of hydrogen-bond donors (Lipinski definition) is 9. The van der Waals surface area contributed by atoms with Crippen LogP contribution in [-0.4, -0.2) is 89.9 Å². The number of ether oxygens (including phenoxy) is 1. The number of primary amides is 1. The quantitative estimate of drug-likeness (QED) is 0.0484. The van der Waals surface area contributed by atoms with Gasteiger partial charge in [0.25, 0.3) is 0 Å².